The van der Waals surface area contributed by atoms with Crippen molar-refractivity contribution < 1.29 is 9.66 Å². The minimum absolute atomic E-state index is 0.0125. The lowest BCUT2D eigenvalue weighted by atomic mass is 10.3. The minimum atomic E-state index is -0.468. The van der Waals surface area contributed by atoms with Gasteiger partial charge < -0.3 is 4.74 Å². The molecular weight excluding hydrogens is 291 g/mol. The van der Waals surface area contributed by atoms with E-state index in [0.29, 0.717) is 16.5 Å². The Morgan fingerprint density at radius 1 is 1.16 bits per heavy atom. The third kappa shape index (κ3) is 3.56. The molecule has 0 saturated carbocycles. The van der Waals surface area contributed by atoms with E-state index in [9.17, 15) is 10.1 Å². The molecule has 0 spiro atoms. The first-order valence-corrected chi connectivity index (χ1v) is 6.00. The molecule has 0 radical (unpaired) electrons. The minimum Gasteiger partial charge on any atom is -0.489 e. The zero-order valence-corrected chi connectivity index (χ0v) is 11.1. The summed E-state index contributed by atoms with van der Waals surface area (Å²) in [7, 11) is 0. The summed E-state index contributed by atoms with van der Waals surface area (Å²) in [5.41, 5.74) is 0.697. The van der Waals surface area contributed by atoms with E-state index in [2.05, 4.69) is 4.98 Å². The van der Waals surface area contributed by atoms with Crippen LogP contribution in [0.3, 0.4) is 0 Å². The zero-order chi connectivity index (χ0) is 13.8. The SMILES string of the molecule is O=[N+]([O-])c1ccc(OCc2ccc(Cl)nc2Cl)cc1. The van der Waals surface area contributed by atoms with Gasteiger partial charge in [0.1, 0.15) is 22.7 Å². The molecule has 5 nitrogen and oxygen atoms in total. The highest BCUT2D eigenvalue weighted by molar-refractivity contribution is 6.32. The van der Waals surface area contributed by atoms with E-state index in [-0.39, 0.29) is 17.4 Å². The van der Waals surface area contributed by atoms with Gasteiger partial charge >= 0.3 is 0 Å². The van der Waals surface area contributed by atoms with Crippen molar-refractivity contribution in [3.05, 3.63) is 62.4 Å². The lowest BCUT2D eigenvalue weighted by molar-refractivity contribution is -0.384. The summed E-state index contributed by atoms with van der Waals surface area (Å²) < 4.78 is 5.46. The van der Waals surface area contributed by atoms with Gasteiger partial charge in [-0.3, -0.25) is 10.1 Å². The van der Waals surface area contributed by atoms with Crippen molar-refractivity contribution in [2.45, 2.75) is 6.61 Å². The Hall–Kier alpha value is -1.85. The first kappa shape index (κ1) is 13.6. The summed E-state index contributed by atoms with van der Waals surface area (Å²) in [5.74, 6) is 0.511. The Labute approximate surface area is 118 Å². The van der Waals surface area contributed by atoms with Crippen LogP contribution in [0.4, 0.5) is 5.69 Å². The number of halogens is 2. The third-order valence-electron chi connectivity index (χ3n) is 2.33. The highest BCUT2D eigenvalue weighted by atomic mass is 35.5. The maximum Gasteiger partial charge on any atom is 0.269 e. The van der Waals surface area contributed by atoms with Gasteiger partial charge in [-0.1, -0.05) is 23.2 Å². The molecule has 2 aromatic rings. The maximum absolute atomic E-state index is 10.5. The van der Waals surface area contributed by atoms with Crippen molar-refractivity contribution in [2.24, 2.45) is 0 Å². The molecule has 0 fully saturated rings. The Morgan fingerprint density at radius 3 is 2.42 bits per heavy atom. The van der Waals surface area contributed by atoms with Crippen molar-refractivity contribution >= 4 is 28.9 Å². The van der Waals surface area contributed by atoms with Gasteiger partial charge in [0.15, 0.2) is 0 Å². The van der Waals surface area contributed by atoms with Crippen LogP contribution in [-0.4, -0.2) is 9.91 Å². The summed E-state index contributed by atoms with van der Waals surface area (Å²) >= 11 is 11.6. The van der Waals surface area contributed by atoms with Crippen LogP contribution in [0.2, 0.25) is 10.3 Å². The summed E-state index contributed by atoms with van der Waals surface area (Å²) in [5, 5.41) is 11.1. The van der Waals surface area contributed by atoms with Gasteiger partial charge in [-0.05, 0) is 24.3 Å². The number of non-ortho nitro benzene ring substituents is 1. The molecule has 0 bridgehead atoms. The first-order chi connectivity index (χ1) is 9.06. The molecule has 0 atom stereocenters. The smallest absolute Gasteiger partial charge is 0.269 e. The number of rotatable bonds is 4. The van der Waals surface area contributed by atoms with E-state index in [4.69, 9.17) is 27.9 Å². The molecule has 0 saturated heterocycles. The number of pyridine rings is 1. The van der Waals surface area contributed by atoms with Gasteiger partial charge in [0.05, 0.1) is 4.92 Å². The van der Waals surface area contributed by atoms with Crippen LogP contribution in [0.5, 0.6) is 5.75 Å². The van der Waals surface area contributed by atoms with Crippen LogP contribution in [-0.2, 0) is 6.61 Å². The largest absolute Gasteiger partial charge is 0.489 e. The lowest BCUT2D eigenvalue weighted by Crippen LogP contribution is -1.98. The number of benzene rings is 1. The molecule has 0 aliphatic rings. The summed E-state index contributed by atoms with van der Waals surface area (Å²) in [4.78, 5) is 13.9. The standard InChI is InChI=1S/C12H8Cl2N2O3/c13-11-6-1-8(12(14)15-11)7-19-10-4-2-9(3-5-10)16(17)18/h1-6H,7H2. The Bertz CT molecular complexity index is 602. The van der Waals surface area contributed by atoms with E-state index in [1.54, 1.807) is 12.1 Å². The predicted molar refractivity (Wildman–Crippen MR) is 71.7 cm³/mol. The normalized spacial score (nSPS) is 10.2. The second kappa shape index (κ2) is 5.86. The van der Waals surface area contributed by atoms with Gasteiger partial charge in [0, 0.05) is 17.7 Å². The molecule has 1 aromatic heterocycles. The van der Waals surface area contributed by atoms with Crippen molar-refractivity contribution in [1.82, 2.24) is 4.98 Å². The molecule has 98 valence electrons. The molecule has 2 rings (SSSR count). The Morgan fingerprint density at radius 2 is 1.84 bits per heavy atom. The molecule has 0 unspecified atom stereocenters. The molecule has 1 heterocycles. The molecular formula is C12H8Cl2N2O3. The van der Waals surface area contributed by atoms with Crippen molar-refractivity contribution in [1.29, 1.82) is 0 Å². The predicted octanol–water partition coefficient (Wildman–Crippen LogP) is 3.88. The second-order valence-corrected chi connectivity index (χ2v) is 4.37. The summed E-state index contributed by atoms with van der Waals surface area (Å²) in [6.07, 6.45) is 0. The molecule has 7 heteroatoms. The third-order valence-corrected chi connectivity index (χ3v) is 2.87. The fourth-order valence-corrected chi connectivity index (χ4v) is 1.77. The van der Waals surface area contributed by atoms with Crippen LogP contribution >= 0.6 is 23.2 Å². The van der Waals surface area contributed by atoms with Gasteiger partial charge in [-0.25, -0.2) is 4.98 Å². The molecule has 0 aliphatic carbocycles. The Kier molecular flexibility index (Phi) is 4.19. The number of nitrogens with zero attached hydrogens (tertiary/aromatic N) is 2. The van der Waals surface area contributed by atoms with E-state index < -0.39 is 4.92 Å². The molecule has 1 aromatic carbocycles. The number of hydrogen-bond acceptors (Lipinski definition) is 4. The second-order valence-electron chi connectivity index (χ2n) is 3.62. The number of ether oxygens (including phenoxy) is 1. The maximum atomic E-state index is 10.5. The molecule has 0 aliphatic heterocycles. The Balaban J connectivity index is 2.04. The van der Waals surface area contributed by atoms with E-state index in [1.807, 2.05) is 0 Å². The summed E-state index contributed by atoms with van der Waals surface area (Å²) in [6.45, 7) is 0.209. The van der Waals surface area contributed by atoms with Crippen LogP contribution in [0.15, 0.2) is 36.4 Å². The van der Waals surface area contributed by atoms with Crippen LogP contribution in [0.1, 0.15) is 5.56 Å². The highest BCUT2D eigenvalue weighted by Gasteiger charge is 2.06. The monoisotopic (exact) mass is 298 g/mol. The fourth-order valence-electron chi connectivity index (χ4n) is 1.37. The number of nitro groups is 1. The quantitative estimate of drug-likeness (QED) is 0.488. The molecule has 0 N–H and O–H groups in total. The highest BCUT2D eigenvalue weighted by Crippen LogP contribution is 2.21. The van der Waals surface area contributed by atoms with Gasteiger partial charge in [-0.2, -0.15) is 0 Å². The number of nitro benzene ring substituents is 1. The number of aromatic nitrogens is 1. The van der Waals surface area contributed by atoms with Crippen LogP contribution in [0.25, 0.3) is 0 Å². The lowest BCUT2D eigenvalue weighted by Gasteiger charge is -2.07. The van der Waals surface area contributed by atoms with Crippen molar-refractivity contribution in [3.8, 4) is 5.75 Å². The topological polar surface area (TPSA) is 65.3 Å². The zero-order valence-electron chi connectivity index (χ0n) is 9.55. The fraction of sp³-hybridized carbons (Fsp3) is 0.0833. The average Bonchev–Trinajstić information content (AvgIpc) is 2.38. The van der Waals surface area contributed by atoms with Gasteiger partial charge in [0.25, 0.3) is 5.69 Å². The molecule has 0 amide bonds. The summed E-state index contributed by atoms with van der Waals surface area (Å²) in [6, 6.07) is 9.11. The van der Waals surface area contributed by atoms with Crippen LogP contribution in [0, 0.1) is 10.1 Å². The van der Waals surface area contributed by atoms with Gasteiger partial charge in [-0.15, -0.1) is 0 Å². The van der Waals surface area contributed by atoms with E-state index >= 15 is 0 Å². The van der Waals surface area contributed by atoms with Crippen molar-refractivity contribution in [3.63, 3.8) is 0 Å². The first-order valence-electron chi connectivity index (χ1n) is 5.24. The van der Waals surface area contributed by atoms with E-state index in [1.165, 1.54) is 24.3 Å². The van der Waals surface area contributed by atoms with Crippen LogP contribution < -0.4 is 4.74 Å². The van der Waals surface area contributed by atoms with E-state index in [0.717, 1.165) is 0 Å². The molecule has 19 heavy (non-hydrogen) atoms. The van der Waals surface area contributed by atoms with Gasteiger partial charge in [0.2, 0.25) is 0 Å². The van der Waals surface area contributed by atoms with Crippen molar-refractivity contribution in [2.75, 3.05) is 0 Å². The average molecular weight is 299 g/mol. The number of hydrogen-bond donors (Lipinski definition) is 0.